The van der Waals surface area contributed by atoms with Gasteiger partial charge in [0.2, 0.25) is 5.91 Å². The number of hydrogen-bond donors (Lipinski definition) is 2. The zero-order chi connectivity index (χ0) is 13.5. The summed E-state index contributed by atoms with van der Waals surface area (Å²) in [4.78, 5) is 16.1. The summed E-state index contributed by atoms with van der Waals surface area (Å²) in [7, 11) is 0. The van der Waals surface area contributed by atoms with Gasteiger partial charge in [0, 0.05) is 6.54 Å². The maximum Gasteiger partial charge on any atom is 0.234 e. The first-order valence-corrected chi connectivity index (χ1v) is 7.21. The summed E-state index contributed by atoms with van der Waals surface area (Å²) in [6.07, 6.45) is 0. The highest BCUT2D eigenvalue weighted by Gasteiger charge is 2.11. The van der Waals surface area contributed by atoms with E-state index in [1.54, 1.807) is 0 Å². The summed E-state index contributed by atoms with van der Waals surface area (Å²) in [5.41, 5.74) is 0.705. The van der Waals surface area contributed by atoms with Crippen LogP contribution in [0.15, 0.2) is 29.3 Å². The normalized spacial score (nSPS) is 13.6. The van der Waals surface area contributed by atoms with Crippen molar-refractivity contribution in [3.05, 3.63) is 24.3 Å². The van der Waals surface area contributed by atoms with Crippen LogP contribution in [0, 0.1) is 0 Å². The number of thioether (sulfide) groups is 1. The lowest BCUT2D eigenvalue weighted by atomic mass is 10.3. The molecule has 0 aromatic heterocycles. The van der Waals surface area contributed by atoms with E-state index in [0.29, 0.717) is 23.8 Å². The number of nitrogens with one attached hydrogen (secondary N) is 2. The third-order valence-electron chi connectivity index (χ3n) is 2.44. The maximum atomic E-state index is 11.9. The molecule has 0 unspecified atom stereocenters. The van der Waals surface area contributed by atoms with Gasteiger partial charge in [-0.2, -0.15) is 0 Å². The van der Waals surface area contributed by atoms with Gasteiger partial charge in [-0.05, 0) is 19.1 Å². The second kappa shape index (κ2) is 7.04. The van der Waals surface area contributed by atoms with Gasteiger partial charge in [-0.15, -0.1) is 0 Å². The van der Waals surface area contributed by atoms with Crippen LogP contribution < -0.4 is 15.4 Å². The minimum absolute atomic E-state index is 0.0615. The first kappa shape index (κ1) is 13.7. The van der Waals surface area contributed by atoms with Crippen LogP contribution in [0.2, 0.25) is 0 Å². The monoisotopic (exact) mass is 279 g/mol. The molecule has 1 amide bonds. The molecule has 102 valence electrons. The minimum atomic E-state index is -0.0615. The van der Waals surface area contributed by atoms with Gasteiger partial charge in [0.05, 0.1) is 24.6 Å². The maximum absolute atomic E-state index is 11.9. The number of amidine groups is 1. The zero-order valence-corrected chi connectivity index (χ0v) is 11.6. The fourth-order valence-electron chi connectivity index (χ4n) is 1.64. The van der Waals surface area contributed by atoms with E-state index in [-0.39, 0.29) is 5.91 Å². The number of anilines is 1. The van der Waals surface area contributed by atoms with E-state index in [9.17, 15) is 4.79 Å². The van der Waals surface area contributed by atoms with E-state index < -0.39 is 0 Å². The van der Waals surface area contributed by atoms with Crippen molar-refractivity contribution in [1.29, 1.82) is 0 Å². The second-order valence-corrected chi connectivity index (χ2v) is 4.84. The molecule has 0 spiro atoms. The molecule has 0 saturated carbocycles. The van der Waals surface area contributed by atoms with E-state index in [4.69, 9.17) is 4.74 Å². The van der Waals surface area contributed by atoms with Crippen LogP contribution in [-0.2, 0) is 4.79 Å². The highest BCUT2D eigenvalue weighted by Crippen LogP contribution is 2.23. The highest BCUT2D eigenvalue weighted by molar-refractivity contribution is 8.14. The first-order chi connectivity index (χ1) is 9.29. The highest BCUT2D eigenvalue weighted by atomic mass is 32.2. The number of carbonyl (C=O) groups excluding carboxylic acids is 1. The molecule has 2 N–H and O–H groups in total. The van der Waals surface area contributed by atoms with Crippen molar-refractivity contribution < 1.29 is 9.53 Å². The molecular weight excluding hydrogens is 262 g/mol. The molecule has 1 aliphatic rings. The minimum Gasteiger partial charge on any atom is -0.492 e. The van der Waals surface area contributed by atoms with Crippen molar-refractivity contribution in [2.45, 2.75) is 6.92 Å². The number of aliphatic imine (C=N–C) groups is 1. The van der Waals surface area contributed by atoms with Gasteiger partial charge in [-0.1, -0.05) is 23.9 Å². The van der Waals surface area contributed by atoms with Gasteiger partial charge >= 0.3 is 0 Å². The number of nitrogens with zero attached hydrogens (tertiary/aromatic N) is 1. The molecule has 2 rings (SSSR count). The molecule has 0 radical (unpaired) electrons. The third kappa shape index (κ3) is 4.17. The first-order valence-electron chi connectivity index (χ1n) is 6.22. The lowest BCUT2D eigenvalue weighted by Gasteiger charge is -2.11. The number of hydrogen-bond acceptors (Lipinski definition) is 5. The summed E-state index contributed by atoms with van der Waals surface area (Å²) in [6.45, 7) is 4.13. The summed E-state index contributed by atoms with van der Waals surface area (Å²) in [5.74, 6) is 0.972. The quantitative estimate of drug-likeness (QED) is 0.861. The number of para-hydroxylation sites is 2. The van der Waals surface area contributed by atoms with Crippen molar-refractivity contribution >= 4 is 28.5 Å². The van der Waals surface area contributed by atoms with Crippen LogP contribution >= 0.6 is 11.8 Å². The second-order valence-electron chi connectivity index (χ2n) is 3.88. The molecule has 6 heteroatoms. The Morgan fingerprint density at radius 2 is 2.37 bits per heavy atom. The van der Waals surface area contributed by atoms with Crippen molar-refractivity contribution in [1.82, 2.24) is 5.32 Å². The van der Waals surface area contributed by atoms with Crippen LogP contribution in [0.3, 0.4) is 0 Å². The van der Waals surface area contributed by atoms with Crippen LogP contribution in [0.4, 0.5) is 5.69 Å². The Hall–Kier alpha value is -1.69. The van der Waals surface area contributed by atoms with E-state index in [2.05, 4.69) is 15.6 Å². The fourth-order valence-corrected chi connectivity index (χ4v) is 2.37. The molecule has 1 aromatic carbocycles. The van der Waals surface area contributed by atoms with Crippen molar-refractivity contribution in [3.63, 3.8) is 0 Å². The lowest BCUT2D eigenvalue weighted by molar-refractivity contribution is -0.113. The zero-order valence-electron chi connectivity index (χ0n) is 10.8. The number of rotatable bonds is 5. The Kier molecular flexibility index (Phi) is 5.09. The largest absolute Gasteiger partial charge is 0.492 e. The van der Waals surface area contributed by atoms with Crippen molar-refractivity contribution in [3.8, 4) is 5.75 Å². The summed E-state index contributed by atoms with van der Waals surface area (Å²) < 4.78 is 5.46. The van der Waals surface area contributed by atoms with Crippen LogP contribution in [-0.4, -0.2) is 36.5 Å². The molecule has 0 saturated heterocycles. The van der Waals surface area contributed by atoms with E-state index in [1.165, 1.54) is 11.8 Å². The lowest BCUT2D eigenvalue weighted by Crippen LogP contribution is -2.20. The summed E-state index contributed by atoms with van der Waals surface area (Å²) in [6, 6.07) is 7.42. The standard InChI is InChI=1S/C13H17N3O2S/c1-2-18-11-6-4-3-5-10(11)16-12(17)9-19-13-14-7-8-15-13/h3-6H,2,7-9H2,1H3,(H,14,15)(H,16,17). The van der Waals surface area contributed by atoms with Gasteiger partial charge < -0.3 is 15.4 Å². The van der Waals surface area contributed by atoms with Crippen molar-refractivity contribution in [2.24, 2.45) is 4.99 Å². The molecule has 0 bridgehead atoms. The molecule has 0 aliphatic carbocycles. The fraction of sp³-hybridized carbons (Fsp3) is 0.385. The van der Waals surface area contributed by atoms with E-state index in [0.717, 1.165) is 18.3 Å². The third-order valence-corrected chi connectivity index (χ3v) is 3.40. The average molecular weight is 279 g/mol. The molecule has 19 heavy (non-hydrogen) atoms. The van der Waals surface area contributed by atoms with E-state index >= 15 is 0 Å². The molecular formula is C13H17N3O2S. The average Bonchev–Trinajstić information content (AvgIpc) is 2.92. The Balaban J connectivity index is 1.87. The molecule has 5 nitrogen and oxygen atoms in total. The molecule has 0 atom stereocenters. The SMILES string of the molecule is CCOc1ccccc1NC(=O)CSC1=NCCN1. The Labute approximate surface area is 116 Å². The van der Waals surface area contributed by atoms with Crippen LogP contribution in [0.5, 0.6) is 5.75 Å². The molecule has 1 aromatic rings. The van der Waals surface area contributed by atoms with Gasteiger partial charge in [-0.3, -0.25) is 9.79 Å². The Bertz CT molecular complexity index is 477. The number of benzene rings is 1. The molecule has 0 fully saturated rings. The molecule has 1 aliphatic heterocycles. The Morgan fingerprint density at radius 3 is 3.11 bits per heavy atom. The predicted octanol–water partition coefficient (Wildman–Crippen LogP) is 1.72. The molecule has 1 heterocycles. The number of ether oxygens (including phenoxy) is 1. The topological polar surface area (TPSA) is 62.7 Å². The van der Waals surface area contributed by atoms with Gasteiger partial charge in [0.25, 0.3) is 0 Å². The number of amides is 1. The van der Waals surface area contributed by atoms with Crippen LogP contribution in [0.1, 0.15) is 6.92 Å². The van der Waals surface area contributed by atoms with E-state index in [1.807, 2.05) is 31.2 Å². The predicted molar refractivity (Wildman–Crippen MR) is 79.0 cm³/mol. The van der Waals surface area contributed by atoms with Gasteiger partial charge in [0.15, 0.2) is 5.17 Å². The number of carbonyl (C=O) groups is 1. The summed E-state index contributed by atoms with van der Waals surface area (Å²) >= 11 is 1.42. The van der Waals surface area contributed by atoms with Crippen LogP contribution in [0.25, 0.3) is 0 Å². The van der Waals surface area contributed by atoms with Gasteiger partial charge in [-0.25, -0.2) is 0 Å². The Morgan fingerprint density at radius 1 is 1.53 bits per heavy atom. The smallest absolute Gasteiger partial charge is 0.234 e. The summed E-state index contributed by atoms with van der Waals surface area (Å²) in [5, 5.41) is 6.81. The van der Waals surface area contributed by atoms with Crippen molar-refractivity contribution in [2.75, 3.05) is 30.8 Å². The van der Waals surface area contributed by atoms with Gasteiger partial charge in [0.1, 0.15) is 5.75 Å².